The first kappa shape index (κ1) is 14.3. The lowest BCUT2D eigenvalue weighted by atomic mass is 9.46. The van der Waals surface area contributed by atoms with E-state index >= 15 is 0 Å². The molecule has 0 heterocycles. The summed E-state index contributed by atoms with van der Waals surface area (Å²) in [6.45, 7) is 1.46. The van der Waals surface area contributed by atoms with Crippen LogP contribution in [0.3, 0.4) is 0 Å². The second-order valence-corrected chi connectivity index (χ2v) is 6.94. The van der Waals surface area contributed by atoms with Gasteiger partial charge in [0.2, 0.25) is 0 Å². The molecule has 0 unspecified atom stereocenters. The number of fused-ring (bicyclic) bond motifs is 4. The molecule has 4 heteroatoms. The SMILES string of the molecule is CC(=O)O[C@]12CCCCC[C@H]1[C@@]1(O)[C@@H]2CCCC[C@@H]1O. The van der Waals surface area contributed by atoms with Crippen molar-refractivity contribution in [3.8, 4) is 0 Å². The average molecular weight is 282 g/mol. The minimum atomic E-state index is -1.03. The number of carbonyl (C=O) groups is 1. The van der Waals surface area contributed by atoms with E-state index < -0.39 is 17.3 Å². The maximum Gasteiger partial charge on any atom is 0.303 e. The summed E-state index contributed by atoms with van der Waals surface area (Å²) in [7, 11) is 0. The molecular formula is C16H26O4. The summed E-state index contributed by atoms with van der Waals surface area (Å²) < 4.78 is 5.79. The largest absolute Gasteiger partial charge is 0.458 e. The quantitative estimate of drug-likeness (QED) is 0.723. The molecule has 114 valence electrons. The lowest BCUT2D eigenvalue weighted by Crippen LogP contribution is -2.78. The first-order valence-corrected chi connectivity index (χ1v) is 8.12. The molecule has 3 fully saturated rings. The fourth-order valence-corrected chi connectivity index (χ4v) is 5.24. The average Bonchev–Trinajstić information content (AvgIpc) is 2.64. The van der Waals surface area contributed by atoms with E-state index in [1.54, 1.807) is 0 Å². The Bertz CT molecular complexity index is 382. The lowest BCUT2D eigenvalue weighted by molar-refractivity contribution is -0.324. The normalized spacial score (nSPS) is 48.0. The molecule has 0 aromatic carbocycles. The Morgan fingerprint density at radius 2 is 1.65 bits per heavy atom. The Kier molecular flexibility index (Phi) is 3.57. The summed E-state index contributed by atoms with van der Waals surface area (Å²) >= 11 is 0. The van der Waals surface area contributed by atoms with Crippen LogP contribution in [0.2, 0.25) is 0 Å². The van der Waals surface area contributed by atoms with Gasteiger partial charge >= 0.3 is 5.97 Å². The van der Waals surface area contributed by atoms with Crippen LogP contribution >= 0.6 is 0 Å². The maximum absolute atomic E-state index is 11.6. The Morgan fingerprint density at radius 1 is 1.05 bits per heavy atom. The lowest BCUT2D eigenvalue weighted by Gasteiger charge is -2.65. The molecule has 0 radical (unpaired) electrons. The van der Waals surface area contributed by atoms with E-state index in [1.807, 2.05) is 0 Å². The fourth-order valence-electron chi connectivity index (χ4n) is 5.24. The predicted molar refractivity (Wildman–Crippen MR) is 74.0 cm³/mol. The van der Waals surface area contributed by atoms with Crippen molar-refractivity contribution in [3.63, 3.8) is 0 Å². The summed E-state index contributed by atoms with van der Waals surface area (Å²) in [4.78, 5) is 11.6. The van der Waals surface area contributed by atoms with Crippen LogP contribution in [0.25, 0.3) is 0 Å². The van der Waals surface area contributed by atoms with Crippen LogP contribution in [-0.2, 0) is 9.53 Å². The molecule has 2 N–H and O–H groups in total. The molecule has 3 aliphatic carbocycles. The van der Waals surface area contributed by atoms with Crippen LogP contribution in [0.5, 0.6) is 0 Å². The number of hydrogen-bond acceptors (Lipinski definition) is 4. The third-order valence-corrected chi connectivity index (χ3v) is 5.94. The molecular weight excluding hydrogens is 256 g/mol. The van der Waals surface area contributed by atoms with E-state index in [9.17, 15) is 15.0 Å². The van der Waals surface area contributed by atoms with E-state index in [0.717, 1.165) is 51.4 Å². The standard InChI is InChI=1S/C16H26O4/c1-11(17)20-15-10-6-2-3-7-12(15)16(19)13(15)8-4-5-9-14(16)18/h12-14,18-19H,2-10H2,1H3/t12-,13-,14+,15-,16-/m1/s1. The maximum atomic E-state index is 11.6. The zero-order chi connectivity index (χ0) is 14.4. The van der Waals surface area contributed by atoms with Crippen molar-refractivity contribution in [2.24, 2.45) is 11.8 Å². The first-order chi connectivity index (χ1) is 9.52. The number of carbonyl (C=O) groups excluding carboxylic acids is 1. The summed E-state index contributed by atoms with van der Waals surface area (Å²) in [6, 6.07) is 0. The highest BCUT2D eigenvalue weighted by atomic mass is 16.6. The molecule has 0 amide bonds. The number of aliphatic hydroxyl groups excluding tert-OH is 1. The molecule has 0 bridgehead atoms. The van der Waals surface area contributed by atoms with E-state index in [0.29, 0.717) is 6.42 Å². The van der Waals surface area contributed by atoms with Gasteiger partial charge in [-0.15, -0.1) is 0 Å². The van der Waals surface area contributed by atoms with Crippen molar-refractivity contribution in [2.75, 3.05) is 0 Å². The zero-order valence-electron chi connectivity index (χ0n) is 12.3. The molecule has 4 nitrogen and oxygen atoms in total. The molecule has 20 heavy (non-hydrogen) atoms. The Labute approximate surface area is 120 Å². The molecule has 0 aromatic heterocycles. The highest BCUT2D eigenvalue weighted by Crippen LogP contribution is 2.64. The van der Waals surface area contributed by atoms with Crippen molar-refractivity contribution in [1.29, 1.82) is 0 Å². The van der Waals surface area contributed by atoms with Crippen molar-refractivity contribution < 1.29 is 19.7 Å². The van der Waals surface area contributed by atoms with Gasteiger partial charge in [0.05, 0.1) is 6.10 Å². The number of hydrogen-bond donors (Lipinski definition) is 2. The third kappa shape index (κ3) is 1.84. The molecule has 3 saturated carbocycles. The zero-order valence-corrected chi connectivity index (χ0v) is 12.3. The number of ether oxygens (including phenoxy) is 1. The van der Waals surface area contributed by atoms with Gasteiger partial charge in [-0.3, -0.25) is 4.79 Å². The van der Waals surface area contributed by atoms with Crippen molar-refractivity contribution in [2.45, 2.75) is 82.0 Å². The molecule has 5 atom stereocenters. The van der Waals surface area contributed by atoms with Gasteiger partial charge in [0, 0.05) is 18.8 Å². The number of rotatable bonds is 1. The van der Waals surface area contributed by atoms with Crippen LogP contribution in [0, 0.1) is 11.8 Å². The minimum absolute atomic E-state index is 0.0838. The van der Waals surface area contributed by atoms with Crippen LogP contribution in [0.1, 0.15) is 64.7 Å². The van der Waals surface area contributed by atoms with Crippen LogP contribution in [-0.4, -0.2) is 33.5 Å². The van der Waals surface area contributed by atoms with Gasteiger partial charge < -0.3 is 14.9 Å². The molecule has 0 aromatic rings. The van der Waals surface area contributed by atoms with Crippen molar-refractivity contribution in [3.05, 3.63) is 0 Å². The highest BCUT2D eigenvalue weighted by molar-refractivity contribution is 5.67. The summed E-state index contributed by atoms with van der Waals surface area (Å²) in [5, 5.41) is 21.6. The Morgan fingerprint density at radius 3 is 2.30 bits per heavy atom. The van der Waals surface area contributed by atoms with E-state index in [2.05, 4.69) is 0 Å². The number of esters is 1. The highest BCUT2D eigenvalue weighted by Gasteiger charge is 2.74. The number of aliphatic hydroxyl groups is 2. The van der Waals surface area contributed by atoms with Crippen LogP contribution in [0.4, 0.5) is 0 Å². The molecule has 0 saturated heterocycles. The van der Waals surface area contributed by atoms with Gasteiger partial charge in [-0.2, -0.15) is 0 Å². The second kappa shape index (κ2) is 4.99. The van der Waals surface area contributed by atoms with E-state index in [4.69, 9.17) is 4.74 Å². The molecule has 3 rings (SSSR count). The first-order valence-electron chi connectivity index (χ1n) is 8.12. The van der Waals surface area contributed by atoms with Gasteiger partial charge in [-0.05, 0) is 32.1 Å². The fraction of sp³-hybridized carbons (Fsp3) is 0.938. The smallest absolute Gasteiger partial charge is 0.303 e. The van der Waals surface area contributed by atoms with E-state index in [1.165, 1.54) is 6.92 Å². The topological polar surface area (TPSA) is 66.8 Å². The van der Waals surface area contributed by atoms with Crippen molar-refractivity contribution >= 4 is 5.97 Å². The Hall–Kier alpha value is -0.610. The molecule has 0 spiro atoms. The minimum Gasteiger partial charge on any atom is -0.458 e. The third-order valence-electron chi connectivity index (χ3n) is 5.94. The van der Waals surface area contributed by atoms with Gasteiger partial charge in [-0.25, -0.2) is 0 Å². The summed E-state index contributed by atoms with van der Waals surface area (Å²) in [5.74, 6) is -0.420. The summed E-state index contributed by atoms with van der Waals surface area (Å²) in [6.07, 6.45) is 7.73. The van der Waals surface area contributed by atoms with Crippen molar-refractivity contribution in [1.82, 2.24) is 0 Å². The molecule has 0 aliphatic heterocycles. The second-order valence-electron chi connectivity index (χ2n) is 6.94. The van der Waals surface area contributed by atoms with Gasteiger partial charge in [0.25, 0.3) is 0 Å². The monoisotopic (exact) mass is 282 g/mol. The Balaban J connectivity index is 1.97. The summed E-state index contributed by atoms with van der Waals surface area (Å²) in [5.41, 5.74) is -1.54. The molecule has 3 aliphatic rings. The van der Waals surface area contributed by atoms with E-state index in [-0.39, 0.29) is 17.8 Å². The van der Waals surface area contributed by atoms with Gasteiger partial charge in [0.15, 0.2) is 0 Å². The van der Waals surface area contributed by atoms with Gasteiger partial charge in [0.1, 0.15) is 11.2 Å². The van der Waals surface area contributed by atoms with Crippen LogP contribution < -0.4 is 0 Å². The van der Waals surface area contributed by atoms with Crippen LogP contribution in [0.15, 0.2) is 0 Å². The van der Waals surface area contributed by atoms with Gasteiger partial charge in [-0.1, -0.05) is 25.7 Å². The predicted octanol–water partition coefficient (Wildman–Crippen LogP) is 2.16.